The SMILES string of the molecule is COCCCn1c(=O)/c(=C\c2sccc2C)s/c1=C(\C#N)C(N)=O. The predicted octanol–water partition coefficient (Wildman–Crippen LogP) is 0.305. The van der Waals surface area contributed by atoms with E-state index < -0.39 is 5.91 Å². The standard InChI is InChI=1S/C16H17N3O3S2/c1-10-4-7-23-12(10)8-13-15(21)19(5-3-6-22-2)16(24-13)11(9-17)14(18)20/h4,7-8H,3,5-6H2,1-2H3,(H2,18,20)/b13-8+,16-11+. The van der Waals surface area contributed by atoms with Gasteiger partial charge in [0.1, 0.15) is 10.7 Å². The number of nitrogens with two attached hydrogens (primary N) is 1. The molecule has 24 heavy (non-hydrogen) atoms. The molecule has 0 aromatic carbocycles. The first kappa shape index (κ1) is 18.1. The van der Waals surface area contributed by atoms with E-state index >= 15 is 0 Å². The van der Waals surface area contributed by atoms with Crippen molar-refractivity contribution in [3.05, 3.63) is 41.4 Å². The molecule has 0 radical (unpaired) electrons. The molecule has 0 unspecified atom stereocenters. The van der Waals surface area contributed by atoms with Gasteiger partial charge in [-0.1, -0.05) is 0 Å². The van der Waals surface area contributed by atoms with Gasteiger partial charge in [-0.2, -0.15) is 5.26 Å². The Morgan fingerprint density at radius 2 is 2.29 bits per heavy atom. The lowest BCUT2D eigenvalue weighted by Crippen LogP contribution is -2.34. The van der Waals surface area contributed by atoms with Crippen molar-refractivity contribution in [2.75, 3.05) is 13.7 Å². The second-order valence-corrected chi connectivity index (χ2v) is 7.02. The lowest BCUT2D eigenvalue weighted by Gasteiger charge is -2.02. The second-order valence-electron chi connectivity index (χ2n) is 5.04. The Balaban J connectivity index is 2.71. The summed E-state index contributed by atoms with van der Waals surface area (Å²) < 4.78 is 7.21. The number of ether oxygens (including phenoxy) is 1. The summed E-state index contributed by atoms with van der Waals surface area (Å²) in [5.74, 6) is -0.835. The minimum atomic E-state index is -0.835. The number of primary amides is 1. The highest BCUT2D eigenvalue weighted by atomic mass is 32.1. The average molecular weight is 363 g/mol. The smallest absolute Gasteiger partial charge is 0.269 e. The fraction of sp³-hybridized carbons (Fsp3) is 0.312. The molecule has 2 aromatic heterocycles. The van der Waals surface area contributed by atoms with Crippen molar-refractivity contribution < 1.29 is 9.53 Å². The van der Waals surface area contributed by atoms with Gasteiger partial charge >= 0.3 is 0 Å². The number of hydrogen-bond acceptors (Lipinski definition) is 6. The third-order valence-electron chi connectivity index (χ3n) is 3.37. The van der Waals surface area contributed by atoms with Gasteiger partial charge in [-0.3, -0.25) is 14.2 Å². The third-order valence-corrected chi connectivity index (χ3v) is 5.47. The molecule has 0 saturated heterocycles. The van der Waals surface area contributed by atoms with Gasteiger partial charge in [0.2, 0.25) is 0 Å². The molecule has 0 bridgehead atoms. The topological polar surface area (TPSA) is 98.1 Å². The number of amides is 1. The van der Waals surface area contributed by atoms with Gasteiger partial charge in [-0.05, 0) is 36.4 Å². The molecule has 126 valence electrons. The van der Waals surface area contributed by atoms with Crippen molar-refractivity contribution in [3.63, 3.8) is 0 Å². The first-order valence-corrected chi connectivity index (χ1v) is 8.87. The molecule has 0 aliphatic rings. The Hall–Kier alpha value is -2.21. The van der Waals surface area contributed by atoms with E-state index in [4.69, 9.17) is 10.5 Å². The highest BCUT2D eigenvalue weighted by molar-refractivity contribution is 7.11. The Morgan fingerprint density at radius 1 is 1.54 bits per heavy atom. The van der Waals surface area contributed by atoms with Crippen LogP contribution in [0.1, 0.15) is 16.9 Å². The van der Waals surface area contributed by atoms with E-state index in [-0.39, 0.29) is 11.1 Å². The van der Waals surface area contributed by atoms with Crippen molar-refractivity contribution in [3.8, 4) is 6.07 Å². The quantitative estimate of drug-likeness (QED) is 0.747. The van der Waals surface area contributed by atoms with Gasteiger partial charge in [0.25, 0.3) is 11.5 Å². The molecule has 0 spiro atoms. The maximum Gasteiger partial charge on any atom is 0.269 e. The number of nitrogens with zero attached hydrogens (tertiary/aromatic N) is 2. The number of aromatic nitrogens is 1. The van der Waals surface area contributed by atoms with E-state index in [1.165, 1.54) is 15.9 Å². The van der Waals surface area contributed by atoms with Crippen LogP contribution >= 0.6 is 22.7 Å². The number of thiophene rings is 1. The number of hydrogen-bond donors (Lipinski definition) is 1. The number of methoxy groups -OCH3 is 1. The monoisotopic (exact) mass is 363 g/mol. The molecule has 6 nitrogen and oxygen atoms in total. The summed E-state index contributed by atoms with van der Waals surface area (Å²) in [4.78, 5) is 25.2. The minimum Gasteiger partial charge on any atom is -0.385 e. The van der Waals surface area contributed by atoms with Crippen LogP contribution in [0.2, 0.25) is 0 Å². The van der Waals surface area contributed by atoms with Gasteiger partial charge in [0, 0.05) is 25.1 Å². The summed E-state index contributed by atoms with van der Waals surface area (Å²) >= 11 is 2.64. The molecule has 0 fully saturated rings. The molecule has 2 rings (SSSR count). The van der Waals surface area contributed by atoms with Gasteiger partial charge in [0.05, 0.1) is 4.53 Å². The number of nitriles is 1. The Morgan fingerprint density at radius 3 is 2.83 bits per heavy atom. The number of aryl methyl sites for hydroxylation is 1. The second kappa shape index (κ2) is 8.06. The summed E-state index contributed by atoms with van der Waals surface area (Å²) in [7, 11) is 1.58. The first-order chi connectivity index (χ1) is 11.5. The van der Waals surface area contributed by atoms with E-state index in [2.05, 4.69) is 0 Å². The minimum absolute atomic E-state index is 0.197. The molecule has 0 aliphatic heterocycles. The molecule has 0 aliphatic carbocycles. The van der Waals surface area contributed by atoms with Gasteiger partial charge in [-0.15, -0.1) is 22.7 Å². The Bertz CT molecular complexity index is 960. The van der Waals surface area contributed by atoms with Crippen LogP contribution in [0.25, 0.3) is 11.6 Å². The van der Waals surface area contributed by atoms with Gasteiger partial charge < -0.3 is 10.5 Å². The van der Waals surface area contributed by atoms with E-state index in [1.807, 2.05) is 24.4 Å². The number of carbonyl (C=O) groups excluding carboxylic acids is 1. The number of carbonyl (C=O) groups is 1. The summed E-state index contributed by atoms with van der Waals surface area (Å²) in [6.45, 7) is 2.79. The van der Waals surface area contributed by atoms with Crippen LogP contribution in [0.3, 0.4) is 0 Å². The molecular weight excluding hydrogens is 346 g/mol. The average Bonchev–Trinajstić information content (AvgIpc) is 3.07. The molecule has 1 amide bonds. The Labute approximate surface area is 146 Å². The van der Waals surface area contributed by atoms with E-state index in [1.54, 1.807) is 13.2 Å². The summed E-state index contributed by atoms with van der Waals surface area (Å²) in [5.41, 5.74) is 5.93. The van der Waals surface area contributed by atoms with E-state index in [0.717, 1.165) is 21.8 Å². The molecule has 0 atom stereocenters. The van der Waals surface area contributed by atoms with Crippen LogP contribution in [-0.2, 0) is 16.1 Å². The zero-order valence-electron chi connectivity index (χ0n) is 13.4. The Kier molecular flexibility index (Phi) is 6.09. The molecule has 2 aromatic rings. The summed E-state index contributed by atoms with van der Waals surface area (Å²) in [6, 6.07) is 3.78. The van der Waals surface area contributed by atoms with Crippen molar-refractivity contribution in [2.45, 2.75) is 19.9 Å². The summed E-state index contributed by atoms with van der Waals surface area (Å²) in [5, 5.41) is 11.2. The predicted molar refractivity (Wildman–Crippen MR) is 95.2 cm³/mol. The van der Waals surface area contributed by atoms with Crippen LogP contribution in [-0.4, -0.2) is 24.2 Å². The van der Waals surface area contributed by atoms with Crippen molar-refractivity contribution in [1.82, 2.24) is 4.57 Å². The van der Waals surface area contributed by atoms with Crippen LogP contribution in [0.4, 0.5) is 0 Å². The van der Waals surface area contributed by atoms with Crippen LogP contribution in [0, 0.1) is 18.3 Å². The number of rotatable bonds is 6. The molecular formula is C16H17N3O3S2. The lowest BCUT2D eigenvalue weighted by atomic mass is 10.3. The number of thiazole rings is 1. The van der Waals surface area contributed by atoms with Crippen molar-refractivity contribution in [2.24, 2.45) is 5.73 Å². The maximum absolute atomic E-state index is 12.7. The highest BCUT2D eigenvalue weighted by Gasteiger charge is 2.13. The van der Waals surface area contributed by atoms with E-state index in [9.17, 15) is 14.9 Å². The largest absolute Gasteiger partial charge is 0.385 e. The van der Waals surface area contributed by atoms with Crippen LogP contribution in [0.15, 0.2) is 16.2 Å². The van der Waals surface area contributed by atoms with Crippen LogP contribution in [0.5, 0.6) is 0 Å². The molecule has 0 saturated carbocycles. The maximum atomic E-state index is 12.7. The van der Waals surface area contributed by atoms with Gasteiger partial charge in [-0.25, -0.2) is 0 Å². The van der Waals surface area contributed by atoms with Gasteiger partial charge in [0.15, 0.2) is 5.57 Å². The fourth-order valence-corrected chi connectivity index (χ4v) is 4.18. The van der Waals surface area contributed by atoms with Crippen LogP contribution < -0.4 is 20.5 Å². The molecule has 2 heterocycles. The summed E-state index contributed by atoms with van der Waals surface area (Å²) in [6.07, 6.45) is 2.38. The normalized spacial score (nSPS) is 13.0. The molecule has 8 heteroatoms. The fourth-order valence-electron chi connectivity index (χ4n) is 2.14. The van der Waals surface area contributed by atoms with E-state index in [0.29, 0.717) is 28.8 Å². The first-order valence-electron chi connectivity index (χ1n) is 7.18. The molecule has 2 N–H and O–H groups in total. The lowest BCUT2D eigenvalue weighted by molar-refractivity contribution is -0.112. The zero-order chi connectivity index (χ0) is 17.7. The highest BCUT2D eigenvalue weighted by Crippen LogP contribution is 2.15. The zero-order valence-corrected chi connectivity index (χ0v) is 15.0. The van der Waals surface area contributed by atoms with Crippen molar-refractivity contribution >= 4 is 40.2 Å². The van der Waals surface area contributed by atoms with Crippen molar-refractivity contribution in [1.29, 1.82) is 5.26 Å². The third kappa shape index (κ3) is 3.82.